The fourth-order valence-corrected chi connectivity index (χ4v) is 2.30. The Morgan fingerprint density at radius 3 is 3.00 bits per heavy atom. The first-order valence-corrected chi connectivity index (χ1v) is 6.98. The smallest absolute Gasteiger partial charge is 0.203 e. The molecule has 4 nitrogen and oxygen atoms in total. The van der Waals surface area contributed by atoms with Crippen molar-refractivity contribution >= 4 is 5.95 Å². The molecule has 0 amide bonds. The van der Waals surface area contributed by atoms with Crippen LogP contribution in [-0.4, -0.2) is 29.3 Å². The number of ether oxygens (including phenoxy) is 1. The molecule has 1 fully saturated rings. The second-order valence-corrected chi connectivity index (χ2v) is 5.49. The second-order valence-electron chi connectivity index (χ2n) is 5.49. The van der Waals surface area contributed by atoms with Crippen molar-refractivity contribution in [1.29, 1.82) is 0 Å². The van der Waals surface area contributed by atoms with E-state index in [0.29, 0.717) is 12.6 Å². The third-order valence-electron chi connectivity index (χ3n) is 3.40. The maximum Gasteiger partial charge on any atom is 0.203 e. The van der Waals surface area contributed by atoms with Crippen LogP contribution in [0.4, 0.5) is 5.95 Å². The van der Waals surface area contributed by atoms with Gasteiger partial charge in [0.2, 0.25) is 5.95 Å². The van der Waals surface area contributed by atoms with E-state index in [2.05, 4.69) is 28.0 Å². The molecule has 1 unspecified atom stereocenters. The Kier molecular flexibility index (Phi) is 4.64. The first-order valence-electron chi connectivity index (χ1n) is 6.98. The van der Waals surface area contributed by atoms with Crippen molar-refractivity contribution in [1.82, 2.24) is 9.55 Å². The first kappa shape index (κ1) is 13.4. The maximum atomic E-state index is 5.14. The van der Waals surface area contributed by atoms with Crippen molar-refractivity contribution < 1.29 is 4.74 Å². The largest absolute Gasteiger partial charge is 0.383 e. The summed E-state index contributed by atoms with van der Waals surface area (Å²) in [4.78, 5) is 4.54. The summed E-state index contributed by atoms with van der Waals surface area (Å²) in [6, 6.07) is 0.291. The summed E-state index contributed by atoms with van der Waals surface area (Å²) >= 11 is 0. The highest BCUT2D eigenvalue weighted by Crippen LogP contribution is 2.33. The second kappa shape index (κ2) is 6.23. The number of imidazole rings is 1. The molecule has 1 aromatic rings. The molecule has 1 saturated carbocycles. The molecule has 18 heavy (non-hydrogen) atoms. The van der Waals surface area contributed by atoms with Gasteiger partial charge >= 0.3 is 0 Å². The summed E-state index contributed by atoms with van der Waals surface area (Å²) in [6.45, 7) is 5.93. The van der Waals surface area contributed by atoms with E-state index in [9.17, 15) is 0 Å². The van der Waals surface area contributed by atoms with Crippen LogP contribution in [0.2, 0.25) is 0 Å². The molecule has 102 valence electrons. The number of aromatic nitrogens is 2. The van der Waals surface area contributed by atoms with Gasteiger partial charge in [0.1, 0.15) is 0 Å². The predicted molar refractivity (Wildman–Crippen MR) is 73.9 cm³/mol. The predicted octanol–water partition coefficient (Wildman–Crippen LogP) is 2.83. The average molecular weight is 251 g/mol. The van der Waals surface area contributed by atoms with Crippen LogP contribution in [0.15, 0.2) is 6.20 Å². The standard InChI is InChI=1S/C14H25N3O/c1-11-9-17(8-4-5-13-6-7-13)14(15-11)16-12(2)10-18-3/h9,12-13H,4-8,10H2,1-3H3,(H,15,16). The molecule has 4 heteroatoms. The lowest BCUT2D eigenvalue weighted by atomic mass is 10.2. The molecule has 1 aromatic heterocycles. The van der Waals surface area contributed by atoms with E-state index in [0.717, 1.165) is 24.1 Å². The molecule has 0 saturated heterocycles. The van der Waals surface area contributed by atoms with Gasteiger partial charge < -0.3 is 14.6 Å². The zero-order chi connectivity index (χ0) is 13.0. The van der Waals surface area contributed by atoms with Crippen LogP contribution in [0.3, 0.4) is 0 Å². The Bertz CT molecular complexity index is 371. The maximum absolute atomic E-state index is 5.14. The quantitative estimate of drug-likeness (QED) is 0.772. The van der Waals surface area contributed by atoms with Gasteiger partial charge in [-0.3, -0.25) is 0 Å². The minimum atomic E-state index is 0.291. The van der Waals surface area contributed by atoms with E-state index in [1.165, 1.54) is 25.7 Å². The van der Waals surface area contributed by atoms with Crippen molar-refractivity contribution in [2.75, 3.05) is 19.0 Å². The van der Waals surface area contributed by atoms with Crippen LogP contribution in [0, 0.1) is 12.8 Å². The lowest BCUT2D eigenvalue weighted by Gasteiger charge is -2.15. The minimum absolute atomic E-state index is 0.291. The Labute approximate surface area is 110 Å². The summed E-state index contributed by atoms with van der Waals surface area (Å²) in [5.74, 6) is 1.99. The van der Waals surface area contributed by atoms with Crippen LogP contribution < -0.4 is 5.32 Å². The van der Waals surface area contributed by atoms with Crippen LogP contribution in [0.25, 0.3) is 0 Å². The number of hydrogen-bond donors (Lipinski definition) is 1. The van der Waals surface area contributed by atoms with Crippen LogP contribution in [-0.2, 0) is 11.3 Å². The fourth-order valence-electron chi connectivity index (χ4n) is 2.30. The van der Waals surface area contributed by atoms with E-state index >= 15 is 0 Å². The third-order valence-corrected chi connectivity index (χ3v) is 3.40. The number of nitrogens with one attached hydrogen (secondary N) is 1. The molecule has 0 radical (unpaired) electrons. The molecule has 1 heterocycles. The number of hydrogen-bond acceptors (Lipinski definition) is 3. The van der Waals surface area contributed by atoms with Gasteiger partial charge in [0, 0.05) is 25.9 Å². The van der Waals surface area contributed by atoms with E-state index in [1.807, 2.05) is 6.92 Å². The van der Waals surface area contributed by atoms with Crippen LogP contribution in [0.1, 0.15) is 38.3 Å². The molecule has 1 atom stereocenters. The summed E-state index contributed by atoms with van der Waals surface area (Å²) < 4.78 is 7.38. The highest BCUT2D eigenvalue weighted by Gasteiger charge is 2.20. The summed E-state index contributed by atoms with van der Waals surface area (Å²) in [5.41, 5.74) is 1.08. The lowest BCUT2D eigenvalue weighted by molar-refractivity contribution is 0.190. The topological polar surface area (TPSA) is 39.1 Å². The Hall–Kier alpha value is -1.03. The van der Waals surface area contributed by atoms with E-state index in [-0.39, 0.29) is 0 Å². The van der Waals surface area contributed by atoms with Crippen molar-refractivity contribution in [2.24, 2.45) is 5.92 Å². The van der Waals surface area contributed by atoms with Gasteiger partial charge in [-0.05, 0) is 32.6 Å². The molecule has 0 spiro atoms. The number of rotatable bonds is 8. The zero-order valence-electron chi connectivity index (χ0n) is 11.8. The first-order chi connectivity index (χ1) is 8.69. The third kappa shape index (κ3) is 4.02. The van der Waals surface area contributed by atoms with E-state index < -0.39 is 0 Å². The van der Waals surface area contributed by atoms with Gasteiger partial charge in [0.25, 0.3) is 0 Å². The zero-order valence-corrected chi connectivity index (χ0v) is 11.8. The number of nitrogens with zero attached hydrogens (tertiary/aromatic N) is 2. The highest BCUT2D eigenvalue weighted by atomic mass is 16.5. The summed E-state index contributed by atoms with van der Waals surface area (Å²) in [5, 5.41) is 3.41. The van der Waals surface area contributed by atoms with Crippen molar-refractivity contribution in [3.05, 3.63) is 11.9 Å². The molecule has 1 aliphatic rings. The van der Waals surface area contributed by atoms with Gasteiger partial charge in [0.15, 0.2) is 0 Å². The highest BCUT2D eigenvalue weighted by molar-refractivity contribution is 5.30. The summed E-state index contributed by atoms with van der Waals surface area (Å²) in [7, 11) is 1.73. The molecule has 0 aliphatic heterocycles. The molecular weight excluding hydrogens is 226 g/mol. The number of methoxy groups -OCH3 is 1. The van der Waals surface area contributed by atoms with Gasteiger partial charge in [-0.25, -0.2) is 4.98 Å². The monoisotopic (exact) mass is 251 g/mol. The van der Waals surface area contributed by atoms with Gasteiger partial charge in [-0.1, -0.05) is 12.8 Å². The SMILES string of the molecule is COCC(C)Nc1nc(C)cn1CCCC1CC1. The molecule has 0 bridgehead atoms. The Morgan fingerprint density at radius 1 is 1.56 bits per heavy atom. The molecule has 1 aliphatic carbocycles. The van der Waals surface area contributed by atoms with Crippen LogP contribution in [0.5, 0.6) is 0 Å². The van der Waals surface area contributed by atoms with Gasteiger partial charge in [-0.2, -0.15) is 0 Å². The van der Waals surface area contributed by atoms with Crippen molar-refractivity contribution in [3.63, 3.8) is 0 Å². The van der Waals surface area contributed by atoms with E-state index in [1.54, 1.807) is 7.11 Å². The molecular formula is C14H25N3O. The van der Waals surface area contributed by atoms with Crippen LogP contribution >= 0.6 is 0 Å². The van der Waals surface area contributed by atoms with Gasteiger partial charge in [-0.15, -0.1) is 0 Å². The van der Waals surface area contributed by atoms with Crippen molar-refractivity contribution in [3.8, 4) is 0 Å². The Morgan fingerprint density at radius 2 is 2.33 bits per heavy atom. The van der Waals surface area contributed by atoms with Crippen molar-refractivity contribution in [2.45, 2.75) is 52.1 Å². The normalized spacial score (nSPS) is 16.8. The number of aryl methyl sites for hydroxylation is 2. The summed E-state index contributed by atoms with van der Waals surface area (Å²) in [6.07, 6.45) is 7.64. The molecule has 2 rings (SSSR count). The van der Waals surface area contributed by atoms with E-state index in [4.69, 9.17) is 4.74 Å². The fraction of sp³-hybridized carbons (Fsp3) is 0.786. The number of anilines is 1. The molecule has 1 N–H and O–H groups in total. The average Bonchev–Trinajstić information content (AvgIpc) is 3.05. The minimum Gasteiger partial charge on any atom is -0.383 e. The van der Waals surface area contributed by atoms with Gasteiger partial charge in [0.05, 0.1) is 12.3 Å². The molecule has 0 aromatic carbocycles. The lowest BCUT2D eigenvalue weighted by Crippen LogP contribution is -2.23. The Balaban J connectivity index is 1.86.